The lowest BCUT2D eigenvalue weighted by atomic mass is 9.92. The van der Waals surface area contributed by atoms with Crippen molar-refractivity contribution in [2.24, 2.45) is 0 Å². The van der Waals surface area contributed by atoms with Crippen LogP contribution in [0.5, 0.6) is 0 Å². The topological polar surface area (TPSA) is 98.8 Å². The largest absolute Gasteiger partial charge is 0.355 e. The molecule has 8 nitrogen and oxygen atoms in total. The molecule has 2 aromatic carbocycles. The molecule has 0 atom stereocenters. The summed E-state index contributed by atoms with van der Waals surface area (Å²) in [5, 5.41) is 7.00. The summed E-state index contributed by atoms with van der Waals surface area (Å²) in [5.74, 6) is -1.15. The fraction of sp³-hybridized carbons (Fsp3) is 0.407. The molecule has 0 aromatic heterocycles. The first-order valence-corrected chi connectivity index (χ1v) is 12.2. The summed E-state index contributed by atoms with van der Waals surface area (Å²) in [6, 6.07) is 8.69. The number of benzene rings is 2. The quantitative estimate of drug-likeness (QED) is 0.262. The molecule has 0 saturated heterocycles. The molecule has 1 heterocycles. The average molecular weight is 479 g/mol. The van der Waals surface area contributed by atoms with Gasteiger partial charge in [0.2, 0.25) is 11.8 Å². The molecule has 0 aliphatic carbocycles. The minimum atomic E-state index is -0.383. The van der Waals surface area contributed by atoms with E-state index in [2.05, 4.69) is 17.2 Å². The van der Waals surface area contributed by atoms with E-state index in [1.54, 1.807) is 29.2 Å². The normalized spacial score (nSPS) is 12.6. The Balaban J connectivity index is 2.00. The summed E-state index contributed by atoms with van der Waals surface area (Å²) in [7, 11) is 0. The van der Waals surface area contributed by atoms with E-state index in [9.17, 15) is 19.2 Å². The molecule has 0 fully saturated rings. The van der Waals surface area contributed by atoms with Crippen molar-refractivity contribution in [3.05, 3.63) is 54.1 Å². The van der Waals surface area contributed by atoms with Gasteiger partial charge in [0.1, 0.15) is 0 Å². The lowest BCUT2D eigenvalue weighted by Crippen LogP contribution is -2.44. The number of unbranched alkanes of at least 4 members (excludes halogenated alkanes) is 2. The first-order valence-electron chi connectivity index (χ1n) is 12.2. The van der Waals surface area contributed by atoms with Gasteiger partial charge in [0.05, 0.1) is 13.1 Å². The van der Waals surface area contributed by atoms with Gasteiger partial charge >= 0.3 is 0 Å². The molecule has 0 bridgehead atoms. The molecule has 0 radical (unpaired) electrons. The number of carbonyl (C=O) groups is 4. The van der Waals surface area contributed by atoms with Crippen molar-refractivity contribution in [3.63, 3.8) is 0 Å². The predicted molar refractivity (Wildman–Crippen MR) is 138 cm³/mol. The van der Waals surface area contributed by atoms with Crippen molar-refractivity contribution in [1.82, 2.24) is 15.5 Å². The number of nitrogens with one attached hydrogen (secondary N) is 2. The van der Waals surface area contributed by atoms with Gasteiger partial charge in [-0.05, 0) is 31.0 Å². The third-order valence-electron chi connectivity index (χ3n) is 6.00. The molecular formula is C27H34N4O4. The highest BCUT2D eigenvalue weighted by atomic mass is 16.2. The summed E-state index contributed by atoms with van der Waals surface area (Å²) in [6.07, 6.45) is 5.18. The highest BCUT2D eigenvalue weighted by Crippen LogP contribution is 2.36. The van der Waals surface area contributed by atoms with Crippen molar-refractivity contribution in [3.8, 4) is 0 Å². The van der Waals surface area contributed by atoms with Gasteiger partial charge in [0.25, 0.3) is 11.8 Å². The molecule has 1 aliphatic heterocycles. The number of hydrogen-bond donors (Lipinski definition) is 2. The summed E-state index contributed by atoms with van der Waals surface area (Å²) >= 11 is 0. The van der Waals surface area contributed by atoms with Gasteiger partial charge in [-0.15, -0.1) is 6.58 Å². The minimum absolute atomic E-state index is 0.0198. The van der Waals surface area contributed by atoms with Gasteiger partial charge in [0, 0.05) is 47.2 Å². The molecule has 3 rings (SSSR count). The van der Waals surface area contributed by atoms with Crippen molar-refractivity contribution in [1.29, 1.82) is 0 Å². The SMILES string of the molecule is C=CCN1C(=O)c2cccc3c(N(CC(=O)NCCCC)CC(=O)NCCCC)ccc(c23)C1=O. The fourth-order valence-electron chi connectivity index (χ4n) is 4.20. The fourth-order valence-corrected chi connectivity index (χ4v) is 4.20. The van der Waals surface area contributed by atoms with Crippen LogP contribution >= 0.6 is 0 Å². The Kier molecular flexibility index (Phi) is 9.00. The molecule has 0 spiro atoms. The van der Waals surface area contributed by atoms with Crippen LogP contribution in [0, 0.1) is 0 Å². The number of hydrogen-bond acceptors (Lipinski definition) is 5. The summed E-state index contributed by atoms with van der Waals surface area (Å²) in [5.41, 5.74) is 1.46. The zero-order valence-corrected chi connectivity index (χ0v) is 20.6. The third-order valence-corrected chi connectivity index (χ3v) is 6.00. The van der Waals surface area contributed by atoms with Crippen LogP contribution in [0.15, 0.2) is 43.0 Å². The highest BCUT2D eigenvalue weighted by molar-refractivity contribution is 6.27. The first-order chi connectivity index (χ1) is 16.9. The molecule has 8 heteroatoms. The Hall–Kier alpha value is -3.68. The van der Waals surface area contributed by atoms with Crippen LogP contribution in [0.25, 0.3) is 10.8 Å². The molecule has 186 valence electrons. The van der Waals surface area contributed by atoms with E-state index in [1.165, 1.54) is 11.0 Å². The predicted octanol–water partition coefficient (Wildman–Crippen LogP) is 3.26. The molecule has 35 heavy (non-hydrogen) atoms. The van der Waals surface area contributed by atoms with E-state index >= 15 is 0 Å². The van der Waals surface area contributed by atoms with E-state index in [1.807, 2.05) is 19.9 Å². The van der Waals surface area contributed by atoms with E-state index < -0.39 is 0 Å². The lowest BCUT2D eigenvalue weighted by molar-refractivity contribution is -0.120. The number of rotatable bonds is 13. The second-order valence-electron chi connectivity index (χ2n) is 8.63. The lowest BCUT2D eigenvalue weighted by Gasteiger charge is -2.30. The summed E-state index contributed by atoms with van der Waals surface area (Å²) in [4.78, 5) is 54.4. The van der Waals surface area contributed by atoms with Crippen LogP contribution in [-0.4, -0.2) is 61.3 Å². The first kappa shape index (κ1) is 25.9. The maximum absolute atomic E-state index is 13.0. The molecule has 4 amide bonds. The number of anilines is 1. The smallest absolute Gasteiger partial charge is 0.261 e. The van der Waals surface area contributed by atoms with Crippen molar-refractivity contribution in [2.45, 2.75) is 39.5 Å². The monoisotopic (exact) mass is 478 g/mol. The maximum atomic E-state index is 13.0. The van der Waals surface area contributed by atoms with E-state index in [4.69, 9.17) is 0 Å². The number of amides is 4. The van der Waals surface area contributed by atoms with Crippen LogP contribution in [0.3, 0.4) is 0 Å². The highest BCUT2D eigenvalue weighted by Gasteiger charge is 2.33. The van der Waals surface area contributed by atoms with Crippen LogP contribution in [0.2, 0.25) is 0 Å². The van der Waals surface area contributed by atoms with Gasteiger partial charge in [-0.2, -0.15) is 0 Å². The molecule has 1 aliphatic rings. The Labute approximate surface area is 206 Å². The average Bonchev–Trinajstić information content (AvgIpc) is 2.84. The van der Waals surface area contributed by atoms with E-state index in [0.717, 1.165) is 25.7 Å². The Morgan fingerprint density at radius 2 is 1.49 bits per heavy atom. The van der Waals surface area contributed by atoms with Gasteiger partial charge in [-0.1, -0.05) is 44.9 Å². The molecule has 2 aromatic rings. The Morgan fingerprint density at radius 3 is 2.03 bits per heavy atom. The van der Waals surface area contributed by atoms with Gasteiger partial charge in [-0.25, -0.2) is 0 Å². The molecule has 2 N–H and O–H groups in total. The van der Waals surface area contributed by atoms with E-state index in [-0.39, 0.29) is 43.3 Å². The second kappa shape index (κ2) is 12.1. The zero-order valence-electron chi connectivity index (χ0n) is 20.6. The third kappa shape index (κ3) is 5.88. The van der Waals surface area contributed by atoms with Crippen LogP contribution in [0.4, 0.5) is 5.69 Å². The van der Waals surface area contributed by atoms with Crippen LogP contribution in [-0.2, 0) is 9.59 Å². The summed E-state index contributed by atoms with van der Waals surface area (Å²) < 4.78 is 0. The Bertz CT molecular complexity index is 1080. The molecular weight excluding hydrogens is 444 g/mol. The number of nitrogens with zero attached hydrogens (tertiary/aromatic N) is 2. The maximum Gasteiger partial charge on any atom is 0.261 e. The molecule has 0 unspecified atom stereocenters. The van der Waals surface area contributed by atoms with Crippen molar-refractivity contribution < 1.29 is 19.2 Å². The van der Waals surface area contributed by atoms with Crippen molar-refractivity contribution >= 4 is 40.1 Å². The molecule has 0 saturated carbocycles. The number of carbonyl (C=O) groups excluding carboxylic acids is 4. The zero-order chi connectivity index (χ0) is 25.4. The second-order valence-corrected chi connectivity index (χ2v) is 8.63. The minimum Gasteiger partial charge on any atom is -0.355 e. The van der Waals surface area contributed by atoms with E-state index in [0.29, 0.717) is 40.7 Å². The summed E-state index contributed by atoms with van der Waals surface area (Å²) in [6.45, 7) is 8.96. The van der Waals surface area contributed by atoms with Crippen LogP contribution < -0.4 is 15.5 Å². The van der Waals surface area contributed by atoms with Gasteiger partial charge < -0.3 is 15.5 Å². The van der Waals surface area contributed by atoms with Gasteiger partial charge in [0.15, 0.2) is 0 Å². The van der Waals surface area contributed by atoms with Crippen LogP contribution in [0.1, 0.15) is 60.2 Å². The van der Waals surface area contributed by atoms with Crippen molar-refractivity contribution in [2.75, 3.05) is 37.6 Å². The number of imide groups is 1. The standard InChI is InChI=1S/C27H34N4O4/c1-4-7-14-28-23(32)17-30(18-24(33)29-15-8-5-2)22-13-12-21-25-19(22)10-9-11-20(25)26(34)31(16-6-3)27(21)35/h6,9-13H,3-5,7-8,14-18H2,1-2H3,(H,28,32)(H,29,33). The Morgan fingerprint density at radius 1 is 0.914 bits per heavy atom. The van der Waals surface area contributed by atoms with Gasteiger partial charge in [-0.3, -0.25) is 24.1 Å².